The van der Waals surface area contributed by atoms with Gasteiger partial charge in [-0.3, -0.25) is 0 Å². The molecule has 0 radical (unpaired) electrons. The van der Waals surface area contributed by atoms with Gasteiger partial charge >= 0.3 is 0 Å². The maximum Gasteiger partial charge on any atom is 0.159 e. The highest BCUT2D eigenvalue weighted by Crippen LogP contribution is 2.11. The molecule has 0 aliphatic carbocycles. The smallest absolute Gasteiger partial charge is 0.159 e. The molecule has 1 atom stereocenters. The van der Waals surface area contributed by atoms with Crippen LogP contribution in [0, 0.1) is 11.6 Å². The molecule has 0 saturated carbocycles. The van der Waals surface area contributed by atoms with E-state index in [2.05, 4.69) is 5.32 Å². The van der Waals surface area contributed by atoms with Gasteiger partial charge in [-0.1, -0.05) is 12.5 Å². The number of hydrogen-bond donors (Lipinski definition) is 1. The minimum Gasteiger partial charge on any atom is -0.375 e. The first kappa shape index (κ1) is 12.5. The van der Waals surface area contributed by atoms with Crippen molar-refractivity contribution in [2.24, 2.45) is 0 Å². The molecule has 1 saturated heterocycles. The first-order valence-corrected chi connectivity index (χ1v) is 6.01. The van der Waals surface area contributed by atoms with E-state index >= 15 is 0 Å². The van der Waals surface area contributed by atoms with Crippen LogP contribution in [0.15, 0.2) is 18.2 Å². The van der Waals surface area contributed by atoms with Crippen LogP contribution in [-0.2, 0) is 11.3 Å². The largest absolute Gasteiger partial charge is 0.375 e. The number of piperidine rings is 1. The zero-order chi connectivity index (χ0) is 12.1. The molecule has 4 heteroatoms. The Kier molecular flexibility index (Phi) is 4.45. The van der Waals surface area contributed by atoms with Gasteiger partial charge in [0, 0.05) is 6.04 Å². The van der Waals surface area contributed by atoms with E-state index in [9.17, 15) is 8.78 Å². The second-order valence-corrected chi connectivity index (χ2v) is 4.41. The van der Waals surface area contributed by atoms with Crippen molar-refractivity contribution in [3.8, 4) is 0 Å². The number of halogens is 2. The number of ether oxygens (including phenoxy) is 1. The maximum atomic E-state index is 12.9. The highest BCUT2D eigenvalue weighted by molar-refractivity contribution is 5.16. The van der Waals surface area contributed by atoms with E-state index < -0.39 is 11.6 Å². The van der Waals surface area contributed by atoms with E-state index in [4.69, 9.17) is 4.74 Å². The minimum atomic E-state index is -0.818. The maximum absolute atomic E-state index is 12.9. The lowest BCUT2D eigenvalue weighted by Crippen LogP contribution is -2.37. The zero-order valence-corrected chi connectivity index (χ0v) is 9.72. The zero-order valence-electron chi connectivity index (χ0n) is 9.72. The molecule has 94 valence electrons. The fourth-order valence-corrected chi connectivity index (χ4v) is 2.01. The summed E-state index contributed by atoms with van der Waals surface area (Å²) in [7, 11) is 0. The van der Waals surface area contributed by atoms with Crippen LogP contribution in [-0.4, -0.2) is 19.2 Å². The molecule has 1 aliphatic rings. The molecule has 1 aromatic rings. The standard InChI is InChI=1S/C13H17F2NO/c14-12-5-4-10(7-13(12)15)8-17-9-11-3-1-2-6-16-11/h4-5,7,11,16H,1-3,6,8-9H2. The lowest BCUT2D eigenvalue weighted by molar-refractivity contribution is 0.0909. The Morgan fingerprint density at radius 1 is 1.24 bits per heavy atom. The SMILES string of the molecule is Fc1ccc(COCC2CCCCN2)cc1F. The summed E-state index contributed by atoms with van der Waals surface area (Å²) in [6, 6.07) is 4.26. The Bertz CT molecular complexity index is 364. The van der Waals surface area contributed by atoms with Crippen LogP contribution in [0.2, 0.25) is 0 Å². The van der Waals surface area contributed by atoms with Gasteiger partial charge < -0.3 is 10.1 Å². The van der Waals surface area contributed by atoms with Gasteiger partial charge in [0.15, 0.2) is 11.6 Å². The molecule has 1 fully saturated rings. The van der Waals surface area contributed by atoms with Crippen molar-refractivity contribution >= 4 is 0 Å². The summed E-state index contributed by atoms with van der Waals surface area (Å²) in [6.07, 6.45) is 3.57. The van der Waals surface area contributed by atoms with E-state index in [1.54, 1.807) is 6.07 Å². The Morgan fingerprint density at radius 2 is 2.12 bits per heavy atom. The quantitative estimate of drug-likeness (QED) is 0.875. The fraction of sp³-hybridized carbons (Fsp3) is 0.538. The Balaban J connectivity index is 1.75. The molecule has 0 spiro atoms. The third-order valence-corrected chi connectivity index (χ3v) is 2.98. The molecule has 1 N–H and O–H groups in total. The lowest BCUT2D eigenvalue weighted by Gasteiger charge is -2.23. The summed E-state index contributed by atoms with van der Waals surface area (Å²) in [5.74, 6) is -1.63. The highest BCUT2D eigenvalue weighted by atomic mass is 19.2. The second-order valence-electron chi connectivity index (χ2n) is 4.41. The molecule has 0 bridgehead atoms. The number of benzene rings is 1. The van der Waals surface area contributed by atoms with Crippen molar-refractivity contribution < 1.29 is 13.5 Å². The Hall–Kier alpha value is -1.00. The van der Waals surface area contributed by atoms with Crippen molar-refractivity contribution in [3.63, 3.8) is 0 Å². The van der Waals surface area contributed by atoms with E-state index in [1.165, 1.54) is 18.9 Å². The van der Waals surface area contributed by atoms with Crippen molar-refractivity contribution in [1.82, 2.24) is 5.32 Å². The topological polar surface area (TPSA) is 21.3 Å². The third-order valence-electron chi connectivity index (χ3n) is 2.98. The molecule has 2 nitrogen and oxygen atoms in total. The minimum absolute atomic E-state index is 0.329. The molecular weight excluding hydrogens is 224 g/mol. The molecular formula is C13H17F2NO. The molecule has 1 heterocycles. The van der Waals surface area contributed by atoms with Gasteiger partial charge in [0.05, 0.1) is 13.2 Å². The van der Waals surface area contributed by atoms with Crippen LogP contribution in [0.3, 0.4) is 0 Å². The molecule has 1 unspecified atom stereocenters. The second kappa shape index (κ2) is 6.07. The normalized spacial score (nSPS) is 20.5. The highest BCUT2D eigenvalue weighted by Gasteiger charge is 2.12. The van der Waals surface area contributed by atoms with Crippen LogP contribution in [0.25, 0.3) is 0 Å². The van der Waals surface area contributed by atoms with Crippen molar-refractivity contribution in [2.75, 3.05) is 13.2 Å². The average Bonchev–Trinajstić information content (AvgIpc) is 2.35. The van der Waals surface area contributed by atoms with Gasteiger partial charge in [-0.25, -0.2) is 8.78 Å². The number of rotatable bonds is 4. The molecule has 0 amide bonds. The van der Waals surface area contributed by atoms with Gasteiger partial charge in [0.25, 0.3) is 0 Å². The van der Waals surface area contributed by atoms with Crippen LogP contribution in [0.4, 0.5) is 8.78 Å². The van der Waals surface area contributed by atoms with E-state index in [0.717, 1.165) is 19.0 Å². The summed E-state index contributed by atoms with van der Waals surface area (Å²) in [4.78, 5) is 0. The van der Waals surface area contributed by atoms with Crippen molar-refractivity contribution in [3.05, 3.63) is 35.4 Å². The van der Waals surface area contributed by atoms with Gasteiger partial charge in [-0.05, 0) is 37.1 Å². The summed E-state index contributed by atoms with van der Waals surface area (Å²) in [5.41, 5.74) is 0.666. The van der Waals surface area contributed by atoms with Crippen LogP contribution in [0.1, 0.15) is 24.8 Å². The summed E-state index contributed by atoms with van der Waals surface area (Å²) in [6.45, 7) is 1.99. The van der Waals surface area contributed by atoms with Crippen LogP contribution in [0.5, 0.6) is 0 Å². The van der Waals surface area contributed by atoms with Crippen LogP contribution < -0.4 is 5.32 Å². The van der Waals surface area contributed by atoms with Crippen molar-refractivity contribution in [1.29, 1.82) is 0 Å². The molecule has 2 rings (SSSR count). The predicted molar refractivity (Wildman–Crippen MR) is 61.7 cm³/mol. The molecule has 1 aromatic carbocycles. The van der Waals surface area contributed by atoms with Crippen molar-refractivity contribution in [2.45, 2.75) is 31.9 Å². The molecule has 1 aliphatic heterocycles. The predicted octanol–water partition coefficient (Wildman–Crippen LogP) is 2.62. The van der Waals surface area contributed by atoms with E-state index in [1.807, 2.05) is 0 Å². The van der Waals surface area contributed by atoms with E-state index in [-0.39, 0.29) is 0 Å². The molecule has 17 heavy (non-hydrogen) atoms. The monoisotopic (exact) mass is 241 g/mol. The van der Waals surface area contributed by atoms with Gasteiger partial charge in [-0.2, -0.15) is 0 Å². The van der Waals surface area contributed by atoms with Gasteiger partial charge in [-0.15, -0.1) is 0 Å². The first-order chi connectivity index (χ1) is 8.25. The average molecular weight is 241 g/mol. The lowest BCUT2D eigenvalue weighted by atomic mass is 10.1. The Morgan fingerprint density at radius 3 is 2.82 bits per heavy atom. The van der Waals surface area contributed by atoms with Gasteiger partial charge in [0.2, 0.25) is 0 Å². The van der Waals surface area contributed by atoms with E-state index in [0.29, 0.717) is 24.8 Å². The summed E-state index contributed by atoms with van der Waals surface area (Å²) in [5, 5.41) is 3.37. The molecule has 0 aromatic heterocycles. The number of hydrogen-bond acceptors (Lipinski definition) is 2. The third kappa shape index (κ3) is 3.75. The fourth-order valence-electron chi connectivity index (χ4n) is 2.01. The number of nitrogens with one attached hydrogen (secondary N) is 1. The summed E-state index contributed by atoms with van der Waals surface area (Å²) < 4.78 is 31.1. The summed E-state index contributed by atoms with van der Waals surface area (Å²) >= 11 is 0. The first-order valence-electron chi connectivity index (χ1n) is 6.01. The van der Waals surface area contributed by atoms with Gasteiger partial charge in [0.1, 0.15) is 0 Å². The van der Waals surface area contributed by atoms with Crippen LogP contribution >= 0.6 is 0 Å². The Labute approximate surface area is 100.0 Å².